The van der Waals surface area contributed by atoms with E-state index in [4.69, 9.17) is 15.2 Å². The predicted octanol–water partition coefficient (Wildman–Crippen LogP) is 0.00810. The van der Waals surface area contributed by atoms with Crippen LogP contribution in [0.1, 0.15) is 5.56 Å². The first-order valence-corrected chi connectivity index (χ1v) is 8.01. The molecule has 2 N–H and O–H groups in total. The summed E-state index contributed by atoms with van der Waals surface area (Å²) in [5.74, 6) is 0.307. The van der Waals surface area contributed by atoms with Gasteiger partial charge < -0.3 is 0 Å². The summed E-state index contributed by atoms with van der Waals surface area (Å²) in [7, 11) is 1.61. The fourth-order valence-corrected chi connectivity index (χ4v) is 2.74. The molecule has 8 heteroatoms. The first kappa shape index (κ1) is 15.7. The van der Waals surface area contributed by atoms with Crippen LogP contribution in [0, 0.1) is 0 Å². The second kappa shape index (κ2) is 6.95. The summed E-state index contributed by atoms with van der Waals surface area (Å²) < 4.78 is 13.2. The van der Waals surface area contributed by atoms with E-state index in [2.05, 4.69) is 43.1 Å². The van der Waals surface area contributed by atoms with Gasteiger partial charge in [0.15, 0.2) is 0 Å². The molecule has 0 saturated heterocycles. The van der Waals surface area contributed by atoms with Crippen molar-refractivity contribution in [1.82, 2.24) is 19.5 Å². The fourth-order valence-electron chi connectivity index (χ4n) is 2.18. The number of benzene rings is 1. The van der Waals surface area contributed by atoms with Crippen molar-refractivity contribution in [3.63, 3.8) is 0 Å². The summed E-state index contributed by atoms with van der Waals surface area (Å²) in [5.41, 5.74) is 8.38. The molecule has 2 aromatic heterocycles. The number of imidazole rings is 1. The van der Waals surface area contributed by atoms with Crippen LogP contribution in [0.4, 0.5) is 5.82 Å². The van der Waals surface area contributed by atoms with E-state index in [0.29, 0.717) is 36.7 Å². The summed E-state index contributed by atoms with van der Waals surface area (Å²) in [6.07, 6.45) is 0. The van der Waals surface area contributed by atoms with Crippen LogP contribution < -0.4 is 15.2 Å². The third-order valence-electron chi connectivity index (χ3n) is 3.28. The van der Waals surface area contributed by atoms with Crippen molar-refractivity contribution in [2.24, 2.45) is 0 Å². The number of nitrogens with zero attached hydrogens (tertiary/aromatic N) is 4. The number of methoxy groups -OCH3 is 1. The van der Waals surface area contributed by atoms with Crippen molar-refractivity contribution >= 4 is 37.7 Å². The number of nitrogens with two attached hydrogens (primary N) is 1. The first-order valence-electron chi connectivity index (χ1n) is 7.07. The summed E-state index contributed by atoms with van der Waals surface area (Å²) in [5, 5.41) is 0. The van der Waals surface area contributed by atoms with Crippen LogP contribution >= 0.6 is 0 Å². The maximum atomic E-state index is 5.99. The Hall–Kier alpha value is -2.15. The van der Waals surface area contributed by atoms with Gasteiger partial charge in [-0.3, -0.25) is 0 Å². The molecule has 0 bridgehead atoms. The number of hydrogen-bond donors (Lipinski definition) is 1. The predicted molar refractivity (Wildman–Crippen MR) is 89.4 cm³/mol. The normalized spacial score (nSPS) is 11.0. The van der Waals surface area contributed by atoms with Crippen molar-refractivity contribution < 1.29 is 9.47 Å². The van der Waals surface area contributed by atoms with Crippen molar-refractivity contribution in [1.29, 1.82) is 0 Å². The SMILES string of the molecule is COCCOc1nc(N)c2nc([SeH])n(Cc3ccccc3)c2n1. The third-order valence-corrected chi connectivity index (χ3v) is 4.00. The van der Waals surface area contributed by atoms with Gasteiger partial charge >= 0.3 is 141 Å². The second-order valence-corrected chi connectivity index (χ2v) is 5.73. The molecular weight excluding hydrogens is 361 g/mol. The Morgan fingerprint density at radius 3 is 2.65 bits per heavy atom. The zero-order valence-corrected chi connectivity index (χ0v) is 14.5. The first-order chi connectivity index (χ1) is 11.2. The fraction of sp³-hybridized carbons (Fsp3) is 0.267. The Labute approximate surface area is 141 Å². The van der Waals surface area contributed by atoms with Gasteiger partial charge in [-0.15, -0.1) is 0 Å². The van der Waals surface area contributed by atoms with Crippen LogP contribution in [0.15, 0.2) is 30.3 Å². The van der Waals surface area contributed by atoms with Gasteiger partial charge in [-0.2, -0.15) is 0 Å². The van der Waals surface area contributed by atoms with Crippen molar-refractivity contribution in [3.8, 4) is 6.01 Å². The van der Waals surface area contributed by atoms with Gasteiger partial charge in [0.25, 0.3) is 0 Å². The molecule has 0 spiro atoms. The Morgan fingerprint density at radius 2 is 1.91 bits per heavy atom. The molecule has 7 nitrogen and oxygen atoms in total. The zero-order chi connectivity index (χ0) is 16.2. The minimum atomic E-state index is 0.230. The van der Waals surface area contributed by atoms with Gasteiger partial charge in [-0.25, -0.2) is 0 Å². The van der Waals surface area contributed by atoms with Crippen molar-refractivity contribution in [2.75, 3.05) is 26.1 Å². The number of hydrogen-bond acceptors (Lipinski definition) is 6. The summed E-state index contributed by atoms with van der Waals surface area (Å²) in [6, 6.07) is 10.3. The van der Waals surface area contributed by atoms with E-state index in [0.717, 1.165) is 10.3 Å². The number of rotatable bonds is 6. The van der Waals surface area contributed by atoms with E-state index >= 15 is 0 Å². The quantitative estimate of drug-likeness (QED) is 0.480. The number of nitrogen functional groups attached to an aromatic ring is 1. The third kappa shape index (κ3) is 3.44. The molecule has 0 amide bonds. The molecular formula is C15H17N5O2Se. The molecule has 0 unspecified atom stereocenters. The van der Waals surface area contributed by atoms with Crippen molar-refractivity contribution in [2.45, 2.75) is 6.54 Å². The van der Waals surface area contributed by atoms with Crippen LogP contribution in [0.3, 0.4) is 0 Å². The molecule has 3 aromatic rings. The Morgan fingerprint density at radius 1 is 1.13 bits per heavy atom. The van der Waals surface area contributed by atoms with E-state index in [-0.39, 0.29) is 6.01 Å². The summed E-state index contributed by atoms with van der Waals surface area (Å²) in [6.45, 7) is 1.47. The van der Waals surface area contributed by atoms with Gasteiger partial charge in [-0.1, -0.05) is 0 Å². The molecule has 0 aliphatic rings. The number of ether oxygens (including phenoxy) is 2. The number of aromatic nitrogens is 4. The molecule has 3 rings (SSSR count). The molecule has 1 aromatic carbocycles. The molecule has 0 aliphatic carbocycles. The molecule has 0 fully saturated rings. The number of anilines is 1. The van der Waals surface area contributed by atoms with E-state index in [1.54, 1.807) is 7.11 Å². The number of fused-ring (bicyclic) bond motifs is 1. The monoisotopic (exact) mass is 379 g/mol. The summed E-state index contributed by atoms with van der Waals surface area (Å²) >= 11 is 2.44. The van der Waals surface area contributed by atoms with Gasteiger partial charge in [-0.05, 0) is 0 Å². The van der Waals surface area contributed by atoms with Crippen LogP contribution in [-0.2, 0) is 11.3 Å². The van der Waals surface area contributed by atoms with Gasteiger partial charge in [0.05, 0.1) is 0 Å². The Kier molecular flexibility index (Phi) is 4.76. The summed E-state index contributed by atoms with van der Waals surface area (Å²) in [4.78, 5) is 13.0. The van der Waals surface area contributed by atoms with Crippen molar-refractivity contribution in [3.05, 3.63) is 35.9 Å². The van der Waals surface area contributed by atoms with E-state index < -0.39 is 0 Å². The van der Waals surface area contributed by atoms with Crippen LogP contribution in [0.5, 0.6) is 6.01 Å². The standard InChI is InChI=1S/C15H17N5O2Se/c1-21-7-8-22-14-18-12(16)11-13(19-14)20(15(23)17-11)9-10-5-3-2-4-6-10/h2-6H,7-9H2,1H3,(H,17,23)(H2,16,18,19). The second-order valence-electron chi connectivity index (χ2n) is 4.89. The minimum absolute atomic E-state index is 0.230. The maximum absolute atomic E-state index is 5.99. The average Bonchev–Trinajstić information content (AvgIpc) is 2.86. The molecule has 0 saturated carbocycles. The van der Waals surface area contributed by atoms with E-state index in [1.165, 1.54) is 0 Å². The Balaban J connectivity index is 1.98. The molecule has 2 heterocycles. The Bertz CT molecular complexity index is 806. The topological polar surface area (TPSA) is 88.1 Å². The van der Waals surface area contributed by atoms with Crippen LogP contribution in [-0.4, -0.2) is 55.9 Å². The van der Waals surface area contributed by atoms with Crippen LogP contribution in [0.25, 0.3) is 11.2 Å². The van der Waals surface area contributed by atoms with Gasteiger partial charge in [0.1, 0.15) is 0 Å². The molecule has 0 atom stereocenters. The van der Waals surface area contributed by atoms with Crippen LogP contribution in [0.2, 0.25) is 0 Å². The molecule has 23 heavy (non-hydrogen) atoms. The van der Waals surface area contributed by atoms with E-state index in [9.17, 15) is 0 Å². The molecule has 0 radical (unpaired) electrons. The molecule has 0 aliphatic heterocycles. The average molecular weight is 378 g/mol. The molecule has 120 valence electrons. The van der Waals surface area contributed by atoms with Gasteiger partial charge in [0.2, 0.25) is 0 Å². The van der Waals surface area contributed by atoms with E-state index in [1.807, 2.05) is 22.8 Å². The zero-order valence-electron chi connectivity index (χ0n) is 12.6. The van der Waals surface area contributed by atoms with Gasteiger partial charge in [0, 0.05) is 0 Å².